The molecule has 144 valence electrons. The molecule has 2 rings (SSSR count). The van der Waals surface area contributed by atoms with Gasteiger partial charge in [-0.1, -0.05) is 29.3 Å². The maximum Gasteiger partial charge on any atom is 0.289 e. The molecule has 10 heteroatoms. The highest BCUT2D eigenvalue weighted by Gasteiger charge is 2.21. The van der Waals surface area contributed by atoms with Gasteiger partial charge in [-0.2, -0.15) is 0 Å². The Labute approximate surface area is 161 Å². The molecule has 27 heavy (non-hydrogen) atoms. The van der Waals surface area contributed by atoms with Gasteiger partial charge >= 0.3 is 0 Å². The predicted molar refractivity (Wildman–Crippen MR) is 103 cm³/mol. The lowest BCUT2D eigenvalue weighted by molar-refractivity contribution is -0.384. The van der Waals surface area contributed by atoms with Gasteiger partial charge in [0.15, 0.2) is 0 Å². The Kier molecular flexibility index (Phi) is 6.19. The first-order valence-corrected chi connectivity index (χ1v) is 9.68. The van der Waals surface area contributed by atoms with E-state index < -0.39 is 33.1 Å². The lowest BCUT2D eigenvalue weighted by Gasteiger charge is -2.13. The number of carbonyl (C=O) groups is 1. The van der Waals surface area contributed by atoms with Crippen LogP contribution in [0.2, 0.25) is 5.02 Å². The molecule has 0 aliphatic rings. The number of rotatable bonds is 6. The fourth-order valence-electron chi connectivity index (χ4n) is 2.60. The lowest BCUT2D eigenvalue weighted by atomic mass is 10.1. The minimum Gasteiger partial charge on any atom is -0.324 e. The first-order chi connectivity index (χ1) is 12.5. The molecule has 8 nitrogen and oxygen atoms in total. The topological polar surface area (TPSA) is 118 Å². The summed E-state index contributed by atoms with van der Waals surface area (Å²) in [5.74, 6) is -0.558. The fraction of sp³-hybridized carbons (Fsp3) is 0.235. The van der Waals surface area contributed by atoms with E-state index in [1.165, 1.54) is 0 Å². The van der Waals surface area contributed by atoms with E-state index in [1.807, 2.05) is 32.9 Å². The smallest absolute Gasteiger partial charge is 0.289 e. The highest BCUT2D eigenvalue weighted by molar-refractivity contribution is 7.89. The second-order valence-electron chi connectivity index (χ2n) is 6.02. The largest absolute Gasteiger partial charge is 0.324 e. The van der Waals surface area contributed by atoms with Crippen LogP contribution in [0.4, 0.5) is 11.4 Å². The lowest BCUT2D eigenvalue weighted by Crippen LogP contribution is -2.33. The highest BCUT2D eigenvalue weighted by Crippen LogP contribution is 2.27. The molecule has 0 atom stereocenters. The Bertz CT molecular complexity index is 998. The monoisotopic (exact) mass is 411 g/mol. The molecule has 0 aromatic heterocycles. The molecule has 0 saturated heterocycles. The van der Waals surface area contributed by atoms with Crippen molar-refractivity contribution in [2.24, 2.45) is 0 Å². The van der Waals surface area contributed by atoms with E-state index in [0.29, 0.717) is 5.69 Å². The summed E-state index contributed by atoms with van der Waals surface area (Å²) in [6.07, 6.45) is 0. The van der Waals surface area contributed by atoms with Crippen LogP contribution in [0, 0.1) is 30.9 Å². The van der Waals surface area contributed by atoms with E-state index in [4.69, 9.17) is 11.6 Å². The van der Waals surface area contributed by atoms with Crippen molar-refractivity contribution in [3.05, 3.63) is 62.2 Å². The third-order valence-corrected chi connectivity index (χ3v) is 5.51. The number of anilines is 1. The van der Waals surface area contributed by atoms with Gasteiger partial charge in [-0.25, -0.2) is 13.1 Å². The number of halogens is 1. The van der Waals surface area contributed by atoms with Crippen LogP contribution in [-0.2, 0) is 14.8 Å². The van der Waals surface area contributed by atoms with Crippen molar-refractivity contribution in [1.82, 2.24) is 4.72 Å². The Morgan fingerprint density at radius 1 is 1.15 bits per heavy atom. The molecule has 2 aromatic rings. The zero-order valence-electron chi connectivity index (χ0n) is 14.9. The molecule has 0 unspecified atom stereocenters. The summed E-state index contributed by atoms with van der Waals surface area (Å²) in [6.45, 7) is 5.09. The predicted octanol–water partition coefficient (Wildman–Crippen LogP) is 3.09. The van der Waals surface area contributed by atoms with Gasteiger partial charge in [0.25, 0.3) is 5.69 Å². The number of nitro benzene ring substituents is 1. The molecule has 0 saturated carbocycles. The fourth-order valence-corrected chi connectivity index (χ4v) is 3.79. The number of sulfonamides is 1. The Morgan fingerprint density at radius 3 is 2.30 bits per heavy atom. The standard InChI is InChI=1S/C17H18ClN3O5S/c1-10-6-11(2)17(12(3)7-10)20-16(22)9-19-27(25,26)13-4-5-14(18)15(8-13)21(23)24/h4-8,19H,9H2,1-3H3,(H,20,22). The van der Waals surface area contributed by atoms with Gasteiger partial charge in [0.05, 0.1) is 16.4 Å². The van der Waals surface area contributed by atoms with Crippen LogP contribution in [0.15, 0.2) is 35.2 Å². The second-order valence-corrected chi connectivity index (χ2v) is 8.19. The van der Waals surface area contributed by atoms with Crippen LogP contribution in [0.25, 0.3) is 0 Å². The molecular weight excluding hydrogens is 394 g/mol. The maximum atomic E-state index is 12.3. The maximum absolute atomic E-state index is 12.3. The van der Waals surface area contributed by atoms with Gasteiger partial charge in [0.1, 0.15) is 5.02 Å². The summed E-state index contributed by atoms with van der Waals surface area (Å²) in [7, 11) is -4.12. The van der Waals surface area contributed by atoms with Gasteiger partial charge < -0.3 is 5.32 Å². The summed E-state index contributed by atoms with van der Waals surface area (Å²) >= 11 is 5.68. The number of amides is 1. The van der Waals surface area contributed by atoms with E-state index in [0.717, 1.165) is 34.9 Å². The number of aryl methyl sites for hydroxylation is 3. The van der Waals surface area contributed by atoms with Crippen LogP contribution >= 0.6 is 11.6 Å². The summed E-state index contributed by atoms with van der Waals surface area (Å²) in [5.41, 5.74) is 2.85. The molecule has 2 aromatic carbocycles. The number of hydrogen-bond donors (Lipinski definition) is 2. The van der Waals surface area contributed by atoms with Crippen molar-refractivity contribution in [3.8, 4) is 0 Å². The number of carbonyl (C=O) groups excluding carboxylic acids is 1. The van der Waals surface area contributed by atoms with E-state index in [9.17, 15) is 23.3 Å². The first-order valence-electron chi connectivity index (χ1n) is 7.82. The Hall–Kier alpha value is -2.49. The van der Waals surface area contributed by atoms with Crippen LogP contribution in [-0.4, -0.2) is 25.8 Å². The van der Waals surface area contributed by atoms with Crippen molar-refractivity contribution in [3.63, 3.8) is 0 Å². The molecule has 1 amide bonds. The quantitative estimate of drug-likeness (QED) is 0.559. The minimum atomic E-state index is -4.12. The van der Waals surface area contributed by atoms with Crippen LogP contribution in [0.5, 0.6) is 0 Å². The number of nitro groups is 1. The Balaban J connectivity index is 2.13. The van der Waals surface area contributed by atoms with Gasteiger partial charge in [-0.15, -0.1) is 0 Å². The van der Waals surface area contributed by atoms with Crippen molar-refractivity contribution in [1.29, 1.82) is 0 Å². The molecule has 0 aliphatic carbocycles. The normalized spacial score (nSPS) is 11.3. The van der Waals surface area contributed by atoms with Crippen LogP contribution in [0.1, 0.15) is 16.7 Å². The van der Waals surface area contributed by atoms with E-state index in [1.54, 1.807) is 0 Å². The summed E-state index contributed by atoms with van der Waals surface area (Å²) < 4.78 is 26.7. The van der Waals surface area contributed by atoms with Crippen LogP contribution < -0.4 is 10.0 Å². The zero-order chi connectivity index (χ0) is 20.4. The van der Waals surface area contributed by atoms with Gasteiger partial charge in [-0.05, 0) is 44.0 Å². The molecule has 0 radical (unpaired) electrons. The summed E-state index contributed by atoms with van der Waals surface area (Å²) in [5, 5.41) is 13.4. The molecule has 0 aliphatic heterocycles. The number of nitrogens with one attached hydrogen (secondary N) is 2. The van der Waals surface area contributed by atoms with E-state index >= 15 is 0 Å². The third kappa shape index (κ3) is 5.03. The summed E-state index contributed by atoms with van der Waals surface area (Å²) in [6, 6.07) is 6.90. The summed E-state index contributed by atoms with van der Waals surface area (Å²) in [4.78, 5) is 21.9. The average Bonchev–Trinajstić information content (AvgIpc) is 2.56. The number of nitrogens with zero attached hydrogens (tertiary/aromatic N) is 1. The van der Waals surface area contributed by atoms with Gasteiger partial charge in [-0.3, -0.25) is 14.9 Å². The Morgan fingerprint density at radius 2 is 1.74 bits per heavy atom. The SMILES string of the molecule is Cc1cc(C)c(NC(=O)CNS(=O)(=O)c2ccc(Cl)c([N+](=O)[O-])c2)c(C)c1. The molecule has 0 heterocycles. The molecular formula is C17H18ClN3O5S. The third-order valence-electron chi connectivity index (χ3n) is 3.79. The number of hydrogen-bond acceptors (Lipinski definition) is 5. The average molecular weight is 412 g/mol. The zero-order valence-corrected chi connectivity index (χ0v) is 16.4. The van der Waals surface area contributed by atoms with Crippen molar-refractivity contribution in [2.45, 2.75) is 25.7 Å². The molecule has 2 N–H and O–H groups in total. The molecule has 0 spiro atoms. The van der Waals surface area contributed by atoms with Crippen molar-refractivity contribution < 1.29 is 18.1 Å². The number of benzene rings is 2. The van der Waals surface area contributed by atoms with Crippen LogP contribution in [0.3, 0.4) is 0 Å². The first kappa shape index (κ1) is 20.8. The van der Waals surface area contributed by atoms with E-state index in [-0.39, 0.29) is 9.92 Å². The van der Waals surface area contributed by atoms with Crippen molar-refractivity contribution >= 4 is 38.9 Å². The van der Waals surface area contributed by atoms with Gasteiger partial charge in [0.2, 0.25) is 15.9 Å². The van der Waals surface area contributed by atoms with Crippen molar-refractivity contribution in [2.75, 3.05) is 11.9 Å². The van der Waals surface area contributed by atoms with Gasteiger partial charge in [0, 0.05) is 11.8 Å². The van der Waals surface area contributed by atoms with E-state index in [2.05, 4.69) is 10.0 Å². The highest BCUT2D eigenvalue weighted by atomic mass is 35.5. The minimum absolute atomic E-state index is 0.179. The molecule has 0 bridgehead atoms. The second kappa shape index (κ2) is 8.03. The molecule has 0 fully saturated rings.